The number of halogens is 1. The van der Waals surface area contributed by atoms with Crippen LogP contribution in [0, 0.1) is 18.3 Å². The van der Waals surface area contributed by atoms with E-state index in [0.717, 1.165) is 28.7 Å². The first kappa shape index (κ1) is 13.2. The second-order valence-electron chi connectivity index (χ2n) is 4.12. The molecule has 0 radical (unpaired) electrons. The molecule has 0 spiro atoms. The van der Waals surface area contributed by atoms with E-state index < -0.39 is 0 Å². The van der Waals surface area contributed by atoms with E-state index in [9.17, 15) is 0 Å². The maximum absolute atomic E-state index is 8.96. The smallest absolute Gasteiger partial charge is 0.120 e. The summed E-state index contributed by atoms with van der Waals surface area (Å²) in [6.07, 6.45) is 0. The van der Waals surface area contributed by atoms with Crippen molar-refractivity contribution < 1.29 is 0 Å². The molecule has 0 unspecified atom stereocenters. The highest BCUT2D eigenvalue weighted by Gasteiger charge is 2.08. The molecule has 0 saturated heterocycles. The minimum absolute atomic E-state index is 0.698. The third kappa shape index (κ3) is 2.75. The molecule has 0 aliphatic heterocycles. The Balaban J connectivity index is 1.97. The number of aromatic nitrogens is 1. The number of thiophene rings is 1. The van der Waals surface area contributed by atoms with Crippen LogP contribution in [-0.4, -0.2) is 4.57 Å². The SMILES string of the molecule is Cc1c(CNCc2ccc(Cl)s2)cc(C#N)n1C. The zero-order valence-corrected chi connectivity index (χ0v) is 11.9. The quantitative estimate of drug-likeness (QED) is 0.934. The van der Waals surface area contributed by atoms with Crippen LogP contribution in [0.4, 0.5) is 0 Å². The molecule has 2 rings (SSSR count). The summed E-state index contributed by atoms with van der Waals surface area (Å²) in [4.78, 5) is 1.22. The molecule has 2 heterocycles. The van der Waals surface area contributed by atoms with Crippen molar-refractivity contribution >= 4 is 22.9 Å². The first-order chi connectivity index (χ1) is 8.61. The Morgan fingerprint density at radius 3 is 2.78 bits per heavy atom. The minimum Gasteiger partial charge on any atom is -0.340 e. The molecule has 0 fully saturated rings. The van der Waals surface area contributed by atoms with Crippen molar-refractivity contribution in [3.63, 3.8) is 0 Å². The lowest BCUT2D eigenvalue weighted by atomic mass is 10.2. The molecule has 1 N–H and O–H groups in total. The molecule has 18 heavy (non-hydrogen) atoms. The van der Waals surface area contributed by atoms with Crippen LogP contribution in [0.5, 0.6) is 0 Å². The topological polar surface area (TPSA) is 40.8 Å². The molecule has 2 aromatic rings. The van der Waals surface area contributed by atoms with Gasteiger partial charge in [-0.15, -0.1) is 11.3 Å². The molecule has 0 amide bonds. The van der Waals surface area contributed by atoms with Gasteiger partial charge in [-0.2, -0.15) is 5.26 Å². The van der Waals surface area contributed by atoms with E-state index in [1.54, 1.807) is 11.3 Å². The van der Waals surface area contributed by atoms with Crippen molar-refractivity contribution in [1.29, 1.82) is 5.26 Å². The third-order valence-corrected chi connectivity index (χ3v) is 4.23. The van der Waals surface area contributed by atoms with Crippen molar-refractivity contribution in [3.8, 4) is 6.07 Å². The fraction of sp³-hybridized carbons (Fsp3) is 0.308. The second-order valence-corrected chi connectivity index (χ2v) is 5.92. The normalized spacial score (nSPS) is 10.6. The van der Waals surface area contributed by atoms with Crippen molar-refractivity contribution in [2.75, 3.05) is 0 Å². The molecule has 94 valence electrons. The Morgan fingerprint density at radius 2 is 2.22 bits per heavy atom. The molecule has 0 atom stereocenters. The highest BCUT2D eigenvalue weighted by Crippen LogP contribution is 2.21. The van der Waals surface area contributed by atoms with E-state index in [-0.39, 0.29) is 0 Å². The zero-order valence-electron chi connectivity index (χ0n) is 10.3. The van der Waals surface area contributed by atoms with Crippen molar-refractivity contribution in [3.05, 3.63) is 44.4 Å². The fourth-order valence-corrected chi connectivity index (χ4v) is 2.87. The summed E-state index contributed by atoms with van der Waals surface area (Å²) < 4.78 is 2.73. The largest absolute Gasteiger partial charge is 0.340 e. The van der Waals surface area contributed by atoms with Crippen LogP contribution >= 0.6 is 22.9 Å². The molecule has 3 nitrogen and oxygen atoms in total. The van der Waals surface area contributed by atoms with Gasteiger partial charge in [-0.3, -0.25) is 0 Å². The molecule has 0 saturated carbocycles. The van der Waals surface area contributed by atoms with E-state index in [0.29, 0.717) is 5.69 Å². The maximum Gasteiger partial charge on any atom is 0.120 e. The van der Waals surface area contributed by atoms with E-state index in [1.165, 1.54) is 4.88 Å². The van der Waals surface area contributed by atoms with Gasteiger partial charge in [0, 0.05) is 30.7 Å². The minimum atomic E-state index is 0.698. The fourth-order valence-electron chi connectivity index (χ4n) is 1.82. The molecule has 0 aromatic carbocycles. The Bertz CT molecular complexity index is 592. The van der Waals surface area contributed by atoms with E-state index >= 15 is 0 Å². The number of rotatable bonds is 4. The Morgan fingerprint density at radius 1 is 1.44 bits per heavy atom. The molecule has 0 aliphatic carbocycles. The number of nitriles is 1. The summed E-state index contributed by atoms with van der Waals surface area (Å²) in [6, 6.07) is 8.06. The monoisotopic (exact) mass is 279 g/mol. The molecular formula is C13H14ClN3S. The van der Waals surface area contributed by atoms with Crippen LogP contribution in [-0.2, 0) is 20.1 Å². The summed E-state index contributed by atoms with van der Waals surface area (Å²) in [5.41, 5.74) is 2.99. The summed E-state index contributed by atoms with van der Waals surface area (Å²) in [5.74, 6) is 0. The van der Waals surface area contributed by atoms with Gasteiger partial charge >= 0.3 is 0 Å². The third-order valence-electron chi connectivity index (χ3n) is 3.00. The van der Waals surface area contributed by atoms with Gasteiger partial charge in [0.2, 0.25) is 0 Å². The van der Waals surface area contributed by atoms with Crippen LogP contribution in [0.3, 0.4) is 0 Å². The lowest BCUT2D eigenvalue weighted by Crippen LogP contribution is -2.12. The summed E-state index contributed by atoms with van der Waals surface area (Å²) in [6.45, 7) is 3.59. The zero-order chi connectivity index (χ0) is 13.1. The van der Waals surface area contributed by atoms with Crippen LogP contribution in [0.2, 0.25) is 4.34 Å². The lowest BCUT2D eigenvalue weighted by Gasteiger charge is -2.03. The molecule has 5 heteroatoms. The first-order valence-corrected chi connectivity index (χ1v) is 6.81. The van der Waals surface area contributed by atoms with Gasteiger partial charge in [0.25, 0.3) is 0 Å². The van der Waals surface area contributed by atoms with E-state index in [2.05, 4.69) is 11.4 Å². The standard InChI is InChI=1S/C13H14ClN3S/c1-9-10(5-11(6-15)17(9)2)7-16-8-12-3-4-13(14)18-12/h3-5,16H,7-8H2,1-2H3. The van der Waals surface area contributed by atoms with E-state index in [4.69, 9.17) is 16.9 Å². The predicted octanol–water partition coefficient (Wildman–Crippen LogP) is 3.21. The molecule has 0 bridgehead atoms. The second kappa shape index (κ2) is 5.57. The summed E-state index contributed by atoms with van der Waals surface area (Å²) in [7, 11) is 1.91. The average molecular weight is 280 g/mol. The Labute approximate surface area is 116 Å². The van der Waals surface area contributed by atoms with Crippen LogP contribution in [0.15, 0.2) is 18.2 Å². The summed E-state index contributed by atoms with van der Waals surface area (Å²) in [5, 5.41) is 12.3. The van der Waals surface area contributed by atoms with Gasteiger partial charge in [0.05, 0.1) is 4.34 Å². The molecular weight excluding hydrogens is 266 g/mol. The van der Waals surface area contributed by atoms with Crippen molar-refractivity contribution in [2.24, 2.45) is 7.05 Å². The van der Waals surface area contributed by atoms with Crippen molar-refractivity contribution in [2.45, 2.75) is 20.0 Å². The van der Waals surface area contributed by atoms with Gasteiger partial charge < -0.3 is 9.88 Å². The predicted molar refractivity (Wildman–Crippen MR) is 74.7 cm³/mol. The van der Waals surface area contributed by atoms with Crippen molar-refractivity contribution in [1.82, 2.24) is 9.88 Å². The Kier molecular flexibility index (Phi) is 4.07. The first-order valence-electron chi connectivity index (χ1n) is 5.62. The Hall–Kier alpha value is -1.28. The maximum atomic E-state index is 8.96. The molecule has 2 aromatic heterocycles. The van der Waals surface area contributed by atoms with E-state index in [1.807, 2.05) is 36.7 Å². The lowest BCUT2D eigenvalue weighted by molar-refractivity contribution is 0.694. The number of hydrogen-bond donors (Lipinski definition) is 1. The average Bonchev–Trinajstić information content (AvgIpc) is 2.88. The highest BCUT2D eigenvalue weighted by atomic mass is 35.5. The van der Waals surface area contributed by atoms with Gasteiger partial charge in [0.1, 0.15) is 11.8 Å². The number of nitrogens with one attached hydrogen (secondary N) is 1. The van der Waals surface area contributed by atoms with Gasteiger partial charge in [-0.25, -0.2) is 0 Å². The van der Waals surface area contributed by atoms with Gasteiger partial charge in [-0.05, 0) is 30.7 Å². The number of nitrogens with zero attached hydrogens (tertiary/aromatic N) is 2. The van der Waals surface area contributed by atoms with Crippen LogP contribution in [0.25, 0.3) is 0 Å². The van der Waals surface area contributed by atoms with Crippen LogP contribution in [0.1, 0.15) is 21.8 Å². The van der Waals surface area contributed by atoms with Crippen LogP contribution < -0.4 is 5.32 Å². The van der Waals surface area contributed by atoms with Gasteiger partial charge in [0.15, 0.2) is 0 Å². The highest BCUT2D eigenvalue weighted by molar-refractivity contribution is 7.16. The summed E-state index contributed by atoms with van der Waals surface area (Å²) >= 11 is 7.46. The van der Waals surface area contributed by atoms with Gasteiger partial charge in [-0.1, -0.05) is 11.6 Å². The molecule has 0 aliphatic rings. The number of hydrogen-bond acceptors (Lipinski definition) is 3.